The van der Waals surface area contributed by atoms with Crippen molar-refractivity contribution >= 4 is 11.3 Å². The van der Waals surface area contributed by atoms with Gasteiger partial charge in [0.25, 0.3) is 0 Å². The van der Waals surface area contributed by atoms with Crippen molar-refractivity contribution in [3.8, 4) is 5.75 Å². The summed E-state index contributed by atoms with van der Waals surface area (Å²) in [5.41, 5.74) is 2.33. The molecule has 21 heavy (non-hydrogen) atoms. The van der Waals surface area contributed by atoms with Crippen molar-refractivity contribution in [1.29, 1.82) is 0 Å². The first-order valence-electron chi connectivity index (χ1n) is 7.55. The number of thiazole rings is 1. The average Bonchev–Trinajstić information content (AvgIpc) is 2.82. The molecular weight excluding hydrogens is 280 g/mol. The molecule has 114 valence electrons. The molecule has 1 aromatic heterocycles. The van der Waals surface area contributed by atoms with E-state index in [4.69, 9.17) is 9.72 Å². The Morgan fingerprint density at radius 3 is 2.71 bits per heavy atom. The van der Waals surface area contributed by atoms with Gasteiger partial charge in [0.05, 0.1) is 18.3 Å². The summed E-state index contributed by atoms with van der Waals surface area (Å²) in [6.07, 6.45) is 1.02. The van der Waals surface area contributed by atoms with Gasteiger partial charge in [0, 0.05) is 4.88 Å². The molecule has 0 spiro atoms. The lowest BCUT2D eigenvalue weighted by Crippen LogP contribution is -2.21. The molecular formula is C17H24N2OS. The summed E-state index contributed by atoms with van der Waals surface area (Å²) >= 11 is 1.77. The number of nitrogens with zero attached hydrogens (tertiary/aromatic N) is 1. The zero-order valence-corrected chi connectivity index (χ0v) is 14.1. The number of benzene rings is 1. The highest BCUT2D eigenvalue weighted by molar-refractivity contribution is 7.11. The highest BCUT2D eigenvalue weighted by atomic mass is 32.1. The maximum atomic E-state index is 5.74. The third kappa shape index (κ3) is 4.05. The van der Waals surface area contributed by atoms with E-state index >= 15 is 0 Å². The zero-order valence-electron chi connectivity index (χ0n) is 13.3. The van der Waals surface area contributed by atoms with Crippen molar-refractivity contribution in [2.45, 2.75) is 40.2 Å². The Bertz CT molecular complexity index is 560. The second-order valence-corrected chi connectivity index (χ2v) is 6.34. The molecule has 3 nitrogen and oxygen atoms in total. The predicted octanol–water partition coefficient (Wildman–Crippen LogP) is 4.25. The van der Waals surface area contributed by atoms with Crippen LogP contribution in [0.25, 0.3) is 0 Å². The van der Waals surface area contributed by atoms with Crippen LogP contribution in [0.3, 0.4) is 0 Å². The van der Waals surface area contributed by atoms with E-state index in [1.807, 2.05) is 6.07 Å². The van der Waals surface area contributed by atoms with Crippen LogP contribution in [0.15, 0.2) is 24.3 Å². The molecule has 1 unspecified atom stereocenters. The second-order valence-electron chi connectivity index (χ2n) is 5.11. The van der Waals surface area contributed by atoms with Gasteiger partial charge in [-0.1, -0.05) is 26.0 Å². The van der Waals surface area contributed by atoms with E-state index in [1.165, 1.54) is 10.4 Å². The summed E-state index contributed by atoms with van der Waals surface area (Å²) in [6, 6.07) is 8.46. The Morgan fingerprint density at radius 2 is 2.10 bits per heavy atom. The smallest absolute Gasteiger partial charge is 0.119 e. The quantitative estimate of drug-likeness (QED) is 0.830. The van der Waals surface area contributed by atoms with E-state index in [9.17, 15) is 0 Å². The summed E-state index contributed by atoms with van der Waals surface area (Å²) < 4.78 is 5.74. The number of hydrogen-bond acceptors (Lipinski definition) is 4. The molecule has 0 saturated heterocycles. The van der Waals surface area contributed by atoms with E-state index in [1.54, 1.807) is 11.3 Å². The minimum Gasteiger partial charge on any atom is -0.494 e. The molecule has 0 saturated carbocycles. The van der Waals surface area contributed by atoms with Crippen LogP contribution in [0.5, 0.6) is 5.75 Å². The van der Waals surface area contributed by atoms with Crippen molar-refractivity contribution in [2.24, 2.45) is 0 Å². The molecule has 0 aliphatic carbocycles. The molecule has 1 N–H and O–H groups in total. The fourth-order valence-electron chi connectivity index (χ4n) is 2.18. The standard InChI is InChI=1S/C17H24N2OS/c1-5-10-20-15-9-7-8-14(11-15)16(18-6-2)17-19-12(3)13(4)21-17/h7-9,11,16,18H,5-6,10H2,1-4H3. The van der Waals surface area contributed by atoms with Gasteiger partial charge in [0.15, 0.2) is 0 Å². The van der Waals surface area contributed by atoms with Crippen LogP contribution >= 0.6 is 11.3 Å². The van der Waals surface area contributed by atoms with Crippen LogP contribution in [0, 0.1) is 13.8 Å². The van der Waals surface area contributed by atoms with Crippen LogP contribution < -0.4 is 10.1 Å². The summed E-state index contributed by atoms with van der Waals surface area (Å²) in [5, 5.41) is 4.66. The van der Waals surface area contributed by atoms with Crippen molar-refractivity contribution < 1.29 is 4.74 Å². The van der Waals surface area contributed by atoms with Crippen LogP contribution in [0.2, 0.25) is 0 Å². The molecule has 0 bridgehead atoms. The van der Waals surface area contributed by atoms with Gasteiger partial charge in [0.2, 0.25) is 0 Å². The van der Waals surface area contributed by atoms with Crippen molar-refractivity contribution in [2.75, 3.05) is 13.2 Å². The third-order valence-electron chi connectivity index (χ3n) is 3.36. The van der Waals surface area contributed by atoms with Crippen LogP contribution in [0.1, 0.15) is 47.5 Å². The van der Waals surface area contributed by atoms with Crippen molar-refractivity contribution in [3.63, 3.8) is 0 Å². The minimum absolute atomic E-state index is 0.137. The summed E-state index contributed by atoms with van der Waals surface area (Å²) in [7, 11) is 0. The van der Waals surface area contributed by atoms with Crippen LogP contribution in [-0.2, 0) is 0 Å². The van der Waals surface area contributed by atoms with Gasteiger partial charge < -0.3 is 10.1 Å². The van der Waals surface area contributed by atoms with Crippen LogP contribution in [0.4, 0.5) is 0 Å². The highest BCUT2D eigenvalue weighted by Gasteiger charge is 2.18. The number of nitrogens with one attached hydrogen (secondary N) is 1. The normalized spacial score (nSPS) is 12.4. The van der Waals surface area contributed by atoms with Gasteiger partial charge in [-0.15, -0.1) is 11.3 Å². The van der Waals surface area contributed by atoms with Crippen LogP contribution in [-0.4, -0.2) is 18.1 Å². The van der Waals surface area contributed by atoms with Gasteiger partial charge in [-0.3, -0.25) is 0 Å². The Labute approximate surface area is 131 Å². The summed E-state index contributed by atoms with van der Waals surface area (Å²) in [4.78, 5) is 6.00. The molecule has 2 rings (SSSR count). The fraction of sp³-hybridized carbons (Fsp3) is 0.471. The predicted molar refractivity (Wildman–Crippen MR) is 89.3 cm³/mol. The molecule has 0 aliphatic rings. The first kappa shape index (κ1) is 16.0. The van der Waals surface area contributed by atoms with Gasteiger partial charge in [-0.25, -0.2) is 4.98 Å². The molecule has 0 aliphatic heterocycles. The monoisotopic (exact) mass is 304 g/mol. The zero-order chi connectivity index (χ0) is 15.2. The Morgan fingerprint density at radius 1 is 1.29 bits per heavy atom. The van der Waals surface area contributed by atoms with E-state index in [-0.39, 0.29) is 6.04 Å². The van der Waals surface area contributed by atoms with Gasteiger partial charge in [-0.05, 0) is 44.5 Å². The van der Waals surface area contributed by atoms with Crippen molar-refractivity contribution in [1.82, 2.24) is 10.3 Å². The minimum atomic E-state index is 0.137. The van der Waals surface area contributed by atoms with Gasteiger partial charge >= 0.3 is 0 Å². The second kappa shape index (κ2) is 7.57. The maximum Gasteiger partial charge on any atom is 0.119 e. The van der Waals surface area contributed by atoms with Crippen molar-refractivity contribution in [3.05, 3.63) is 45.4 Å². The number of aromatic nitrogens is 1. The number of ether oxygens (including phenoxy) is 1. The molecule has 4 heteroatoms. The summed E-state index contributed by atoms with van der Waals surface area (Å²) in [5.74, 6) is 0.933. The maximum absolute atomic E-state index is 5.74. The molecule has 1 atom stereocenters. The largest absolute Gasteiger partial charge is 0.494 e. The molecule has 1 heterocycles. The highest BCUT2D eigenvalue weighted by Crippen LogP contribution is 2.29. The van der Waals surface area contributed by atoms with E-state index in [0.29, 0.717) is 0 Å². The molecule has 0 fully saturated rings. The van der Waals surface area contributed by atoms with E-state index in [0.717, 1.165) is 36.0 Å². The molecule has 2 aromatic rings. The fourth-order valence-corrected chi connectivity index (χ4v) is 3.20. The molecule has 0 amide bonds. The Balaban J connectivity index is 2.29. The van der Waals surface area contributed by atoms with E-state index in [2.05, 4.69) is 51.2 Å². The number of hydrogen-bond donors (Lipinski definition) is 1. The average molecular weight is 304 g/mol. The lowest BCUT2D eigenvalue weighted by Gasteiger charge is -2.17. The summed E-state index contributed by atoms with van der Waals surface area (Å²) in [6.45, 7) is 10.1. The lowest BCUT2D eigenvalue weighted by molar-refractivity contribution is 0.317. The molecule has 0 radical (unpaired) electrons. The molecule has 1 aromatic carbocycles. The first-order chi connectivity index (χ1) is 10.2. The number of aryl methyl sites for hydroxylation is 2. The topological polar surface area (TPSA) is 34.1 Å². The lowest BCUT2D eigenvalue weighted by atomic mass is 10.1. The number of rotatable bonds is 7. The third-order valence-corrected chi connectivity index (χ3v) is 4.50. The van der Waals surface area contributed by atoms with Gasteiger partial charge in [-0.2, -0.15) is 0 Å². The Hall–Kier alpha value is -1.39. The van der Waals surface area contributed by atoms with E-state index < -0.39 is 0 Å². The first-order valence-corrected chi connectivity index (χ1v) is 8.37. The SMILES string of the molecule is CCCOc1cccc(C(NCC)c2nc(C)c(C)s2)c1. The Kier molecular flexibility index (Phi) is 5.76. The van der Waals surface area contributed by atoms with Gasteiger partial charge in [0.1, 0.15) is 10.8 Å².